The smallest absolute Gasteiger partial charge is 0.241 e. The zero-order valence-electron chi connectivity index (χ0n) is 12.1. The molecule has 114 valence electrons. The van der Waals surface area contributed by atoms with E-state index in [-0.39, 0.29) is 26.0 Å². The molecule has 0 saturated carbocycles. The molecule has 0 aromatic carbocycles. The lowest BCUT2D eigenvalue weighted by Crippen LogP contribution is -2.53. The lowest BCUT2D eigenvalue weighted by atomic mass is 10.0. The van der Waals surface area contributed by atoms with Crippen LogP contribution in [0.1, 0.15) is 34.5 Å². The summed E-state index contributed by atoms with van der Waals surface area (Å²) in [5.74, 6) is -0.0118. The van der Waals surface area contributed by atoms with Gasteiger partial charge in [0.25, 0.3) is 0 Å². The Labute approximate surface area is 116 Å². The highest BCUT2D eigenvalue weighted by molar-refractivity contribution is 5.82. The number of methoxy groups -OCH3 is 1. The van der Waals surface area contributed by atoms with Crippen LogP contribution < -0.4 is 10.9 Å². The number of halogens is 1. The fourth-order valence-electron chi connectivity index (χ4n) is 2.24. The number of nitrogens with zero attached hydrogens (tertiary/aromatic N) is 1. The first-order chi connectivity index (χ1) is 9.13. The number of hydrogen-bond donors (Lipinski definition) is 2. The molecule has 0 aliphatic carbocycles. The Kier molecular flexibility index (Phi) is 7.27. The Balaban J connectivity index is 0.000000830. The predicted octanol–water partition coefficient (Wildman–Crippen LogP) is 1.10. The van der Waals surface area contributed by atoms with Crippen LogP contribution in [0.5, 0.6) is 0 Å². The molecule has 0 bridgehead atoms. The lowest BCUT2D eigenvalue weighted by molar-refractivity contribution is -0.138. The molecule has 2 aliphatic rings. The molecule has 2 rings (SSSR count). The summed E-state index contributed by atoms with van der Waals surface area (Å²) < 4.78 is 18.6. The number of rotatable bonds is 2. The fraction of sp³-hybridized carbons (Fsp3) is 0.923. The van der Waals surface area contributed by atoms with Crippen molar-refractivity contribution in [2.45, 2.75) is 51.4 Å². The van der Waals surface area contributed by atoms with E-state index in [1.165, 1.54) is 13.5 Å². The van der Waals surface area contributed by atoms with E-state index in [2.05, 4.69) is 24.7 Å². The summed E-state index contributed by atoms with van der Waals surface area (Å²) in [5.41, 5.74) is 5.81. The molecular formula is C13H28FN3O2. The summed E-state index contributed by atoms with van der Waals surface area (Å²) in [5, 5.41) is 0. The van der Waals surface area contributed by atoms with Crippen molar-refractivity contribution < 1.29 is 15.3 Å². The molecule has 2 fully saturated rings. The van der Waals surface area contributed by atoms with Crippen LogP contribution in [-0.2, 0) is 9.53 Å². The molecule has 2 N–H and O–H groups in total. The number of carbonyl (C=O) groups is 1. The summed E-state index contributed by atoms with van der Waals surface area (Å²) in [4.78, 5) is 13.5. The van der Waals surface area contributed by atoms with E-state index < -0.39 is 6.17 Å². The lowest BCUT2D eigenvalue weighted by Gasteiger charge is -2.35. The fourth-order valence-corrected chi connectivity index (χ4v) is 2.24. The number of hydrazine groups is 1. The first kappa shape index (κ1) is 16.3. The second kappa shape index (κ2) is 8.45. The van der Waals surface area contributed by atoms with Gasteiger partial charge in [-0.15, -0.1) is 0 Å². The molecule has 6 heteroatoms. The highest BCUT2D eigenvalue weighted by Crippen LogP contribution is 2.18. The minimum absolute atomic E-state index is 0. The Morgan fingerprint density at radius 1 is 1.47 bits per heavy atom. The Morgan fingerprint density at radius 2 is 2.16 bits per heavy atom. The van der Waals surface area contributed by atoms with Gasteiger partial charge in [0.05, 0.1) is 12.6 Å². The number of likely N-dealkylation sites (tertiary alicyclic amines) is 1. The third kappa shape index (κ3) is 4.71. The van der Waals surface area contributed by atoms with Gasteiger partial charge < -0.3 is 9.64 Å². The average molecular weight is 277 g/mol. The molecular weight excluding hydrogens is 249 g/mol. The maximum atomic E-state index is 13.6. The minimum atomic E-state index is -1.07. The third-order valence-electron chi connectivity index (χ3n) is 3.23. The SMILES string of the molecule is CCC.CO[C@H]1CCN(C(=O)C2CCNN2)C[C@H]1F.[HH]. The number of carbonyl (C=O) groups excluding carboxylic acids is 1. The van der Waals surface area contributed by atoms with Gasteiger partial charge in [-0.3, -0.25) is 10.2 Å². The normalized spacial score (nSPS) is 30.7. The summed E-state index contributed by atoms with van der Waals surface area (Å²) >= 11 is 0. The van der Waals surface area contributed by atoms with Crippen LogP contribution in [-0.4, -0.2) is 55.9 Å². The summed E-state index contributed by atoms with van der Waals surface area (Å²) in [6.07, 6.45) is 1.15. The summed E-state index contributed by atoms with van der Waals surface area (Å²) in [6.45, 7) is 5.76. The second-order valence-electron chi connectivity index (χ2n) is 4.98. The summed E-state index contributed by atoms with van der Waals surface area (Å²) in [7, 11) is 1.51. The van der Waals surface area contributed by atoms with Crippen LogP contribution >= 0.6 is 0 Å². The van der Waals surface area contributed by atoms with Crippen LogP contribution in [0, 0.1) is 0 Å². The largest absolute Gasteiger partial charge is 0.378 e. The standard InChI is InChI=1S/C10H18FN3O2.C3H8.H2/c1-16-9-3-5-14(6-7(9)11)10(15)8-2-4-12-13-8;1-3-2;/h7-9,12-13H,2-6H2,1H3;3H2,1-2H3;1H/t7-,8?,9+;;/m1../s1. The van der Waals surface area contributed by atoms with E-state index in [0.29, 0.717) is 13.0 Å². The van der Waals surface area contributed by atoms with Crippen molar-refractivity contribution in [1.29, 1.82) is 0 Å². The molecule has 5 nitrogen and oxygen atoms in total. The van der Waals surface area contributed by atoms with Crippen molar-refractivity contribution in [1.82, 2.24) is 15.8 Å². The van der Waals surface area contributed by atoms with E-state index in [9.17, 15) is 9.18 Å². The molecule has 1 amide bonds. The van der Waals surface area contributed by atoms with Crippen molar-refractivity contribution in [3.8, 4) is 0 Å². The molecule has 0 aromatic rings. The third-order valence-corrected chi connectivity index (χ3v) is 3.23. The van der Waals surface area contributed by atoms with E-state index >= 15 is 0 Å². The zero-order valence-corrected chi connectivity index (χ0v) is 12.1. The number of hydrogen-bond acceptors (Lipinski definition) is 4. The molecule has 2 aliphatic heterocycles. The molecule has 0 spiro atoms. The van der Waals surface area contributed by atoms with Gasteiger partial charge in [0, 0.05) is 21.6 Å². The highest BCUT2D eigenvalue weighted by atomic mass is 19.1. The van der Waals surface area contributed by atoms with Crippen LogP contribution in [0.25, 0.3) is 0 Å². The Hall–Kier alpha value is -0.720. The topological polar surface area (TPSA) is 53.6 Å². The van der Waals surface area contributed by atoms with E-state index in [1.54, 1.807) is 4.90 Å². The monoisotopic (exact) mass is 277 g/mol. The van der Waals surface area contributed by atoms with Gasteiger partial charge in [0.2, 0.25) is 5.91 Å². The Bertz CT molecular complexity index is 278. The van der Waals surface area contributed by atoms with Gasteiger partial charge in [-0.05, 0) is 12.8 Å². The number of ether oxygens (including phenoxy) is 1. The summed E-state index contributed by atoms with van der Waals surface area (Å²) in [6, 6.07) is -0.203. The predicted molar refractivity (Wildman–Crippen MR) is 74.5 cm³/mol. The number of alkyl halides is 1. The number of amides is 1. The molecule has 3 atom stereocenters. The van der Waals surface area contributed by atoms with Crippen molar-refractivity contribution in [2.24, 2.45) is 0 Å². The first-order valence-corrected chi connectivity index (χ1v) is 7.08. The minimum Gasteiger partial charge on any atom is -0.378 e. The van der Waals surface area contributed by atoms with E-state index in [0.717, 1.165) is 13.0 Å². The van der Waals surface area contributed by atoms with Gasteiger partial charge in [0.15, 0.2) is 0 Å². The average Bonchev–Trinajstić information content (AvgIpc) is 2.92. The first-order valence-electron chi connectivity index (χ1n) is 7.08. The van der Waals surface area contributed by atoms with Gasteiger partial charge >= 0.3 is 0 Å². The van der Waals surface area contributed by atoms with Crippen LogP contribution in [0.4, 0.5) is 4.39 Å². The van der Waals surface area contributed by atoms with Crippen molar-refractivity contribution >= 4 is 5.91 Å². The van der Waals surface area contributed by atoms with Gasteiger partial charge in [-0.1, -0.05) is 20.3 Å². The highest BCUT2D eigenvalue weighted by Gasteiger charge is 2.34. The van der Waals surface area contributed by atoms with Gasteiger partial charge in [-0.2, -0.15) is 0 Å². The Morgan fingerprint density at radius 3 is 2.63 bits per heavy atom. The van der Waals surface area contributed by atoms with Crippen LogP contribution in [0.15, 0.2) is 0 Å². The van der Waals surface area contributed by atoms with E-state index in [4.69, 9.17) is 4.74 Å². The quantitative estimate of drug-likeness (QED) is 0.793. The van der Waals surface area contributed by atoms with Crippen LogP contribution in [0.3, 0.4) is 0 Å². The molecule has 0 radical (unpaired) electrons. The van der Waals surface area contributed by atoms with Crippen LogP contribution in [0.2, 0.25) is 0 Å². The maximum absolute atomic E-state index is 13.6. The van der Waals surface area contributed by atoms with Crippen molar-refractivity contribution in [2.75, 3.05) is 26.7 Å². The second-order valence-corrected chi connectivity index (χ2v) is 4.98. The van der Waals surface area contributed by atoms with Crippen molar-refractivity contribution in [3.05, 3.63) is 0 Å². The van der Waals surface area contributed by atoms with Crippen molar-refractivity contribution in [3.63, 3.8) is 0 Å². The zero-order chi connectivity index (χ0) is 14.3. The van der Waals surface area contributed by atoms with E-state index in [1.807, 2.05) is 0 Å². The van der Waals surface area contributed by atoms with Gasteiger partial charge in [0.1, 0.15) is 12.2 Å². The molecule has 0 aromatic heterocycles. The van der Waals surface area contributed by atoms with Gasteiger partial charge in [-0.25, -0.2) is 9.82 Å². The number of piperidine rings is 1. The molecule has 19 heavy (non-hydrogen) atoms. The number of nitrogens with one attached hydrogen (secondary N) is 2. The molecule has 2 saturated heterocycles. The molecule has 2 heterocycles. The molecule has 1 unspecified atom stereocenters. The maximum Gasteiger partial charge on any atom is 0.241 e.